The summed E-state index contributed by atoms with van der Waals surface area (Å²) in [4.78, 5) is 50.8. The van der Waals surface area contributed by atoms with Crippen molar-refractivity contribution in [2.24, 2.45) is 0 Å². The molecule has 7 heterocycles. The predicted molar refractivity (Wildman–Crippen MR) is 317 cm³/mol. The highest BCUT2D eigenvalue weighted by Gasteiger charge is 2.60. The summed E-state index contributed by atoms with van der Waals surface area (Å²) >= 11 is 0. The van der Waals surface area contributed by atoms with Crippen LogP contribution in [-0.2, 0) is 85.5 Å². The molecule has 0 aromatic carbocycles. The second kappa shape index (κ2) is 37.7. The van der Waals surface area contributed by atoms with Crippen molar-refractivity contribution in [3.05, 3.63) is 0 Å². The Balaban J connectivity index is 1.18. The molecule has 0 spiro atoms. The molecule has 0 bridgehead atoms. The van der Waals surface area contributed by atoms with Crippen LogP contribution in [0.4, 0.5) is 0 Å². The van der Waals surface area contributed by atoms with Gasteiger partial charge in [0.15, 0.2) is 37.7 Å². The fourth-order valence-corrected chi connectivity index (χ4v) is 12.7. The third kappa shape index (κ3) is 19.7. The van der Waals surface area contributed by atoms with Crippen LogP contribution in [0.2, 0.25) is 0 Å². The fraction of sp³-hybridized carbons (Fsp3) is 0.930. The number of aliphatic hydroxyl groups excluding tert-OH is 24. The molecule has 0 radical (unpaired) electrons. The summed E-state index contributed by atoms with van der Waals surface area (Å²) in [6, 6.07) is -5.53. The van der Waals surface area contributed by atoms with Crippen LogP contribution in [0.1, 0.15) is 34.1 Å². The van der Waals surface area contributed by atoms with Gasteiger partial charge in [-0.3, -0.25) is 14.4 Å². The fourth-order valence-electron chi connectivity index (χ4n) is 12.7. The van der Waals surface area contributed by atoms with Gasteiger partial charge in [-0.05, 0) is 6.92 Å². The van der Waals surface area contributed by atoms with Crippen molar-refractivity contribution in [3.8, 4) is 0 Å². The van der Waals surface area contributed by atoms with E-state index in [0.717, 1.165) is 20.8 Å². The molecule has 0 aliphatic carbocycles. The lowest BCUT2D eigenvalue weighted by Gasteiger charge is -2.50. The molecule has 7 saturated heterocycles. The molecule has 0 saturated carbocycles. The van der Waals surface area contributed by atoms with Crippen molar-refractivity contribution in [1.82, 2.24) is 16.0 Å². The lowest BCUT2D eigenvalue weighted by atomic mass is 9.88. The number of carboxylic acid groups (broad SMARTS) is 1. The van der Waals surface area contributed by atoms with Crippen molar-refractivity contribution in [2.45, 2.75) is 279 Å². The maximum Gasteiger partial charge on any atom is 0.364 e. The molecular formula is C57H97N3O43. The first-order valence-corrected chi connectivity index (χ1v) is 32.5. The minimum Gasteiger partial charge on any atom is -0.477 e. The molecule has 46 heteroatoms. The average Bonchev–Trinajstić information content (AvgIpc) is 0.772. The van der Waals surface area contributed by atoms with Gasteiger partial charge in [0, 0.05) is 27.2 Å². The van der Waals surface area contributed by atoms with E-state index in [4.69, 9.17) is 66.3 Å². The number of aliphatic hydroxyl groups is 24. The van der Waals surface area contributed by atoms with Crippen LogP contribution in [-0.4, -0.2) is 449 Å². The highest BCUT2D eigenvalue weighted by atomic mass is 16.8. The molecule has 0 unspecified atom stereocenters. The molecule has 40 atom stereocenters. The number of ether oxygens (including phenoxy) is 14. The zero-order valence-electron chi connectivity index (χ0n) is 55.4. The van der Waals surface area contributed by atoms with Gasteiger partial charge in [0.1, 0.15) is 183 Å². The number of aliphatic carboxylic acids is 1. The van der Waals surface area contributed by atoms with Crippen molar-refractivity contribution in [3.63, 3.8) is 0 Å². The molecule has 46 nitrogen and oxygen atoms in total. The van der Waals surface area contributed by atoms with E-state index in [1.807, 2.05) is 0 Å². The summed E-state index contributed by atoms with van der Waals surface area (Å²) in [7, 11) is 0. The number of carbonyl (C=O) groups excluding carboxylic acids is 3. The van der Waals surface area contributed by atoms with Crippen LogP contribution in [0, 0.1) is 0 Å². The van der Waals surface area contributed by atoms with Gasteiger partial charge in [0.2, 0.25) is 17.7 Å². The van der Waals surface area contributed by atoms with Crippen LogP contribution < -0.4 is 16.0 Å². The summed E-state index contributed by atoms with van der Waals surface area (Å²) in [5, 5.41) is 279. The largest absolute Gasteiger partial charge is 0.477 e. The van der Waals surface area contributed by atoms with Gasteiger partial charge in [-0.2, -0.15) is 0 Å². The Kier molecular flexibility index (Phi) is 31.7. The van der Waals surface area contributed by atoms with E-state index in [2.05, 4.69) is 16.0 Å². The van der Waals surface area contributed by atoms with E-state index in [0.29, 0.717) is 0 Å². The number of hydrogen-bond acceptors (Lipinski definition) is 42. The van der Waals surface area contributed by atoms with E-state index in [9.17, 15) is 147 Å². The number of rotatable bonds is 31. The van der Waals surface area contributed by atoms with Gasteiger partial charge >= 0.3 is 5.97 Å². The Morgan fingerprint density at radius 3 is 1.30 bits per heavy atom. The quantitative estimate of drug-likeness (QED) is 0.0306. The lowest BCUT2D eigenvalue weighted by molar-refractivity contribution is -0.381. The minimum absolute atomic E-state index is 0.824. The van der Waals surface area contributed by atoms with Gasteiger partial charge in [0.05, 0.1) is 71.1 Å². The SMILES string of the molecule is CC(=O)N[C@H]1[C@H](OC[C@H]2O[C@@H](O[C@@H]([C@H](O[C@@H]3O[C@@H](C)[C@@H](O)[C@@H](O)[C@@H]3O)[C@@H](O)CO)[C@H](O)CO)[C@H](O)[C@@H](O[C@@H]3O[C@H](CO)[C@@H](O[C@@H]4O[C@H](CO)[C@H](O)[C@H](O)[C@H]4O)[C@H](O)[C@H]3NC(C)=O)[C@H]2O)O[C@H](CO)[C@@H](O[C@@H]2O[C@H](CO[C@]3(C(=O)O)C[C@H](O)[C@@H](NC(C)=O)[C@H]([C@H](O)[C@H](O)CO)O3)[C@H](O)[C@H](O)[C@H]2O)[C@@H]1O. The Morgan fingerprint density at radius 2 is 0.825 bits per heavy atom. The Labute approximate surface area is 583 Å². The van der Waals surface area contributed by atoms with E-state index >= 15 is 0 Å². The van der Waals surface area contributed by atoms with E-state index < -0.39 is 328 Å². The molecule has 7 fully saturated rings. The van der Waals surface area contributed by atoms with Crippen LogP contribution in [0.5, 0.6) is 0 Å². The highest BCUT2D eigenvalue weighted by Crippen LogP contribution is 2.39. The van der Waals surface area contributed by atoms with Gasteiger partial charge in [-0.1, -0.05) is 0 Å². The molecule has 7 rings (SSSR count). The second-order valence-electron chi connectivity index (χ2n) is 25.8. The number of hydrogen-bond donors (Lipinski definition) is 28. The molecule has 598 valence electrons. The third-order valence-corrected chi connectivity index (χ3v) is 18.4. The van der Waals surface area contributed by atoms with Crippen molar-refractivity contribution >= 4 is 23.7 Å². The molecular weight excluding hydrogens is 1410 g/mol. The molecule has 28 N–H and O–H groups in total. The first-order chi connectivity index (χ1) is 48.4. The van der Waals surface area contributed by atoms with Crippen LogP contribution >= 0.6 is 0 Å². The van der Waals surface area contributed by atoms with Gasteiger partial charge < -0.3 is 210 Å². The summed E-state index contributed by atoms with van der Waals surface area (Å²) in [5.74, 6) is -7.82. The summed E-state index contributed by atoms with van der Waals surface area (Å²) in [5.41, 5.74) is 0. The Morgan fingerprint density at radius 1 is 0.427 bits per heavy atom. The first-order valence-electron chi connectivity index (χ1n) is 32.5. The molecule has 7 aliphatic heterocycles. The third-order valence-electron chi connectivity index (χ3n) is 18.4. The lowest BCUT2D eigenvalue weighted by Crippen LogP contribution is -2.70. The van der Waals surface area contributed by atoms with E-state index in [1.165, 1.54) is 6.92 Å². The zero-order chi connectivity index (χ0) is 76.7. The van der Waals surface area contributed by atoms with E-state index in [-0.39, 0.29) is 0 Å². The summed E-state index contributed by atoms with van der Waals surface area (Å²) < 4.78 is 81.2. The maximum atomic E-state index is 12.9. The van der Waals surface area contributed by atoms with Crippen LogP contribution in [0.25, 0.3) is 0 Å². The smallest absolute Gasteiger partial charge is 0.364 e. The summed E-state index contributed by atoms with van der Waals surface area (Å²) in [6.45, 7) is -5.31. The van der Waals surface area contributed by atoms with E-state index in [1.54, 1.807) is 0 Å². The molecule has 0 aromatic heterocycles. The Bertz CT molecular complexity index is 2670. The minimum atomic E-state index is -3.05. The topological polar surface area (TPSA) is 739 Å². The second-order valence-corrected chi connectivity index (χ2v) is 25.8. The Hall–Kier alpha value is -3.64. The molecule has 103 heavy (non-hydrogen) atoms. The molecule has 3 amide bonds. The average molecular weight is 1510 g/mol. The first kappa shape index (κ1) is 86.6. The van der Waals surface area contributed by atoms with Gasteiger partial charge in [0.25, 0.3) is 5.79 Å². The normalized spacial score (nSPS) is 45.1. The predicted octanol–water partition coefficient (Wildman–Crippen LogP) is -18.2. The van der Waals surface area contributed by atoms with Crippen molar-refractivity contribution < 1.29 is 213 Å². The number of carboxylic acids is 1. The maximum absolute atomic E-state index is 12.9. The zero-order valence-corrected chi connectivity index (χ0v) is 55.4. The highest BCUT2D eigenvalue weighted by molar-refractivity contribution is 5.77. The number of carbonyl (C=O) groups is 4. The standard InChI is InChI=1S/C57H97N3O43/c1-14-30(74)37(81)40(84)52(92-14)98-44(20(72)7-62)45(21(73)8-63)99-55-43(87)49(102-51-29(60-17(4)69)36(80)47(24(11-66)95-51)100-53-41(85)38(82)32(76)22(9-64)93-53)34(78)25(96-55)12-90-50-28(59-16(3)68)35(79)46(23(10-65)94-50)101-54-42(86)39(83)33(77)26(97-54)13-91-57(56(88)89)5-18(70)27(58-15(2)67)48(103-57)31(75)19(71)6-61/h14,18-55,61-66,70-87H,5-13H2,1-4H3,(H,58,67)(H,59,68)(H,60,69)(H,88,89)/t14-,18-,19+,20-,21+,22+,23+,24+,25+,26+,27+,28+,29+,30+,31+,32-,33-,34-,35+,36+,37+,38-,39-,40-,41+,42+,43+,44+,45+,46+,47+,48+,49-,50+,51-,52-,53-,54-,55-,57+/m0/s1. The molecule has 7 aliphatic rings. The van der Waals surface area contributed by atoms with Crippen LogP contribution in [0.3, 0.4) is 0 Å². The van der Waals surface area contributed by atoms with Gasteiger partial charge in [-0.25, -0.2) is 4.79 Å². The van der Waals surface area contributed by atoms with Crippen molar-refractivity contribution in [1.29, 1.82) is 0 Å². The monoisotopic (exact) mass is 1510 g/mol. The summed E-state index contributed by atoms with van der Waals surface area (Å²) in [6.07, 6.45) is -76.7. The van der Waals surface area contributed by atoms with Crippen LogP contribution in [0.15, 0.2) is 0 Å². The number of nitrogens with one attached hydrogen (secondary N) is 3. The van der Waals surface area contributed by atoms with Crippen molar-refractivity contribution in [2.75, 3.05) is 52.9 Å². The number of amides is 3. The van der Waals surface area contributed by atoms with Gasteiger partial charge in [-0.15, -0.1) is 0 Å². The molecule has 0 aromatic rings.